The molecule has 2 aromatic rings. The number of hydrogen-bond acceptors (Lipinski definition) is 5. The van der Waals surface area contributed by atoms with Gasteiger partial charge in [-0.2, -0.15) is 13.2 Å². The molecule has 0 aliphatic carbocycles. The molecule has 0 saturated carbocycles. The van der Waals surface area contributed by atoms with E-state index in [1.54, 1.807) is 24.3 Å². The Hall–Kier alpha value is -2.53. The summed E-state index contributed by atoms with van der Waals surface area (Å²) in [6, 6.07) is 6.81. The molecule has 1 aliphatic rings. The number of carbonyl (C=O) groups excluding carboxylic acids is 2. The Labute approximate surface area is 171 Å². The first-order valence-corrected chi connectivity index (χ1v) is 9.26. The topological polar surface area (TPSA) is 101 Å². The maximum atomic E-state index is 13.6. The molecular formula is C18H16BrF3N2O5. The molecule has 156 valence electrons. The van der Waals surface area contributed by atoms with Gasteiger partial charge >= 0.3 is 18.2 Å². The zero-order chi connectivity index (χ0) is 21.4. The number of aliphatic hydroxyl groups is 1. The minimum Gasteiger partial charge on any atom is -0.466 e. The van der Waals surface area contributed by atoms with Gasteiger partial charge in [-0.1, -0.05) is 28.1 Å². The standard InChI is InChI=1S/C18H16BrF3N2O5/c1-2-28-15(25)13-14(23-16(26)24-17(13,27)18(20,21)22)12-8-7-11(29-12)9-3-5-10(19)6-4-9/h3-8,13-14,27H,2H2,1H3,(H2,23,24,26)/t13-,14+,17-/m0/s1. The smallest absolute Gasteiger partial charge is 0.437 e. The number of rotatable bonds is 4. The van der Waals surface area contributed by atoms with E-state index in [-0.39, 0.29) is 12.4 Å². The maximum Gasteiger partial charge on any atom is 0.437 e. The second-order valence-electron chi connectivity index (χ2n) is 6.28. The van der Waals surface area contributed by atoms with E-state index in [1.807, 2.05) is 0 Å². The third-order valence-electron chi connectivity index (χ3n) is 4.41. The molecule has 0 bridgehead atoms. The van der Waals surface area contributed by atoms with Crippen LogP contribution in [0.2, 0.25) is 0 Å². The number of nitrogens with one attached hydrogen (secondary N) is 2. The zero-order valence-corrected chi connectivity index (χ0v) is 16.5. The van der Waals surface area contributed by atoms with Crippen molar-refractivity contribution in [3.05, 3.63) is 46.6 Å². The molecule has 1 fully saturated rings. The number of alkyl halides is 3. The molecular weight excluding hydrogens is 461 g/mol. The van der Waals surface area contributed by atoms with Crippen molar-refractivity contribution in [3.8, 4) is 11.3 Å². The van der Waals surface area contributed by atoms with Gasteiger partial charge in [0.1, 0.15) is 23.5 Å². The van der Waals surface area contributed by atoms with E-state index in [1.165, 1.54) is 24.4 Å². The molecule has 29 heavy (non-hydrogen) atoms. The van der Waals surface area contributed by atoms with Crippen LogP contribution in [0, 0.1) is 5.92 Å². The fraction of sp³-hybridized carbons (Fsp3) is 0.333. The van der Waals surface area contributed by atoms with Gasteiger partial charge in [0.25, 0.3) is 5.72 Å². The Bertz CT molecular complexity index is 915. The Morgan fingerprint density at radius 1 is 1.28 bits per heavy atom. The predicted octanol–water partition coefficient (Wildman–Crippen LogP) is 3.49. The summed E-state index contributed by atoms with van der Waals surface area (Å²) in [4.78, 5) is 24.2. The molecule has 3 rings (SSSR count). The molecule has 1 aromatic carbocycles. The van der Waals surface area contributed by atoms with Gasteiger partial charge in [0, 0.05) is 10.0 Å². The average Bonchev–Trinajstić information content (AvgIpc) is 3.11. The van der Waals surface area contributed by atoms with Gasteiger partial charge < -0.3 is 24.9 Å². The summed E-state index contributed by atoms with van der Waals surface area (Å²) in [5, 5.41) is 13.9. The van der Waals surface area contributed by atoms with Crippen molar-refractivity contribution in [2.45, 2.75) is 24.9 Å². The van der Waals surface area contributed by atoms with E-state index in [4.69, 9.17) is 9.15 Å². The predicted molar refractivity (Wildman–Crippen MR) is 97.4 cm³/mol. The van der Waals surface area contributed by atoms with Crippen LogP contribution in [0.1, 0.15) is 18.7 Å². The monoisotopic (exact) mass is 476 g/mol. The van der Waals surface area contributed by atoms with Gasteiger partial charge in [-0.25, -0.2) is 4.79 Å². The van der Waals surface area contributed by atoms with Gasteiger partial charge in [0.15, 0.2) is 0 Å². The van der Waals surface area contributed by atoms with Gasteiger partial charge in [-0.3, -0.25) is 4.79 Å². The summed E-state index contributed by atoms with van der Waals surface area (Å²) in [5.41, 5.74) is -3.21. The van der Waals surface area contributed by atoms with Crippen molar-refractivity contribution < 1.29 is 37.0 Å². The molecule has 0 unspecified atom stereocenters. The lowest BCUT2D eigenvalue weighted by molar-refractivity contribution is -0.294. The summed E-state index contributed by atoms with van der Waals surface area (Å²) in [5.74, 6) is -3.41. The van der Waals surface area contributed by atoms with E-state index < -0.39 is 35.9 Å². The lowest BCUT2D eigenvalue weighted by Crippen LogP contribution is -2.73. The van der Waals surface area contributed by atoms with E-state index in [0.717, 1.165) is 4.47 Å². The molecule has 2 heterocycles. The van der Waals surface area contributed by atoms with Gasteiger partial charge in [0.2, 0.25) is 0 Å². The zero-order valence-electron chi connectivity index (χ0n) is 14.9. The van der Waals surface area contributed by atoms with Crippen LogP contribution in [0.3, 0.4) is 0 Å². The van der Waals surface area contributed by atoms with Gasteiger partial charge in [-0.15, -0.1) is 0 Å². The molecule has 11 heteroatoms. The van der Waals surface area contributed by atoms with Crippen molar-refractivity contribution in [2.24, 2.45) is 5.92 Å². The van der Waals surface area contributed by atoms with Crippen LogP contribution in [0.15, 0.2) is 45.3 Å². The number of furan rings is 1. The third-order valence-corrected chi connectivity index (χ3v) is 4.94. The molecule has 3 atom stereocenters. The van der Waals surface area contributed by atoms with Crippen LogP contribution in [-0.2, 0) is 9.53 Å². The fourth-order valence-electron chi connectivity index (χ4n) is 3.06. The third kappa shape index (κ3) is 3.97. The van der Waals surface area contributed by atoms with E-state index in [9.17, 15) is 27.9 Å². The quantitative estimate of drug-likeness (QED) is 0.586. The first kappa shape index (κ1) is 21.2. The number of ether oxygens (including phenoxy) is 1. The number of halogens is 4. The molecule has 1 aromatic heterocycles. The summed E-state index contributed by atoms with van der Waals surface area (Å²) < 4.78 is 52.0. The van der Waals surface area contributed by atoms with Crippen LogP contribution in [0.5, 0.6) is 0 Å². The second-order valence-corrected chi connectivity index (χ2v) is 7.19. The maximum absolute atomic E-state index is 13.6. The Kier molecular flexibility index (Phi) is 5.63. The Morgan fingerprint density at radius 3 is 2.52 bits per heavy atom. The lowest BCUT2D eigenvalue weighted by Gasteiger charge is -2.43. The summed E-state index contributed by atoms with van der Waals surface area (Å²) in [6.07, 6.45) is -5.35. The van der Waals surface area contributed by atoms with E-state index in [2.05, 4.69) is 21.2 Å². The van der Waals surface area contributed by atoms with Crippen LogP contribution >= 0.6 is 15.9 Å². The molecule has 0 radical (unpaired) electrons. The van der Waals surface area contributed by atoms with Crippen LogP contribution in [0.25, 0.3) is 11.3 Å². The van der Waals surface area contributed by atoms with Crippen molar-refractivity contribution in [3.63, 3.8) is 0 Å². The number of esters is 1. The molecule has 3 N–H and O–H groups in total. The molecule has 1 aliphatic heterocycles. The van der Waals surface area contributed by atoms with E-state index in [0.29, 0.717) is 11.3 Å². The highest BCUT2D eigenvalue weighted by Crippen LogP contribution is 2.43. The average molecular weight is 477 g/mol. The molecule has 0 spiro atoms. The first-order chi connectivity index (χ1) is 13.6. The molecule has 2 amide bonds. The number of carbonyl (C=O) groups is 2. The van der Waals surface area contributed by atoms with Crippen molar-refractivity contribution in [1.82, 2.24) is 10.6 Å². The van der Waals surface area contributed by atoms with Gasteiger partial charge in [-0.05, 0) is 31.2 Å². The number of benzene rings is 1. The highest BCUT2D eigenvalue weighted by molar-refractivity contribution is 9.10. The Balaban J connectivity index is 2.04. The number of hydrogen-bond donors (Lipinski definition) is 3. The SMILES string of the molecule is CCOC(=O)[C@@H]1[C@@H](c2ccc(-c3ccc(Br)cc3)o2)NC(=O)N[C@@]1(O)C(F)(F)F. The molecule has 7 nitrogen and oxygen atoms in total. The number of urea groups is 1. The van der Waals surface area contributed by atoms with E-state index >= 15 is 0 Å². The highest BCUT2D eigenvalue weighted by Gasteiger charge is 2.67. The van der Waals surface area contributed by atoms with Crippen molar-refractivity contribution in [2.75, 3.05) is 6.61 Å². The minimum absolute atomic E-state index is 0.140. The first-order valence-electron chi connectivity index (χ1n) is 8.47. The van der Waals surface area contributed by atoms with Crippen molar-refractivity contribution in [1.29, 1.82) is 0 Å². The summed E-state index contributed by atoms with van der Waals surface area (Å²) in [6.45, 7) is 1.19. The normalized spacial score (nSPS) is 24.6. The van der Waals surface area contributed by atoms with Gasteiger partial charge in [0.05, 0.1) is 6.61 Å². The largest absolute Gasteiger partial charge is 0.466 e. The second kappa shape index (κ2) is 7.71. The van der Waals surface area contributed by atoms with Crippen LogP contribution < -0.4 is 10.6 Å². The van der Waals surface area contributed by atoms with Crippen LogP contribution in [-0.4, -0.2) is 35.6 Å². The lowest BCUT2D eigenvalue weighted by atomic mass is 9.84. The molecule has 1 saturated heterocycles. The Morgan fingerprint density at radius 2 is 1.93 bits per heavy atom. The van der Waals surface area contributed by atoms with Crippen LogP contribution in [0.4, 0.5) is 18.0 Å². The fourth-order valence-corrected chi connectivity index (χ4v) is 3.33. The summed E-state index contributed by atoms with van der Waals surface area (Å²) in [7, 11) is 0. The highest BCUT2D eigenvalue weighted by atomic mass is 79.9. The summed E-state index contributed by atoms with van der Waals surface area (Å²) >= 11 is 3.29. The minimum atomic E-state index is -5.35. The van der Waals surface area contributed by atoms with Crippen molar-refractivity contribution >= 4 is 27.9 Å². The number of amides is 2.